The van der Waals surface area contributed by atoms with Crippen molar-refractivity contribution in [3.8, 4) is 0 Å². The molecule has 3 rings (SSSR count). The molecule has 2 fully saturated rings. The fraction of sp³-hybridized carbons (Fsp3) is 0.625. The molecule has 1 aromatic rings. The molecule has 4 nitrogen and oxygen atoms in total. The Kier molecular flexibility index (Phi) is 3.64. The van der Waals surface area contributed by atoms with Gasteiger partial charge in [-0.3, -0.25) is 4.79 Å². The summed E-state index contributed by atoms with van der Waals surface area (Å²) >= 11 is 0. The molecule has 1 heterocycles. The molecule has 1 aromatic heterocycles. The van der Waals surface area contributed by atoms with Crippen molar-refractivity contribution in [2.24, 2.45) is 17.8 Å². The van der Waals surface area contributed by atoms with Crippen molar-refractivity contribution in [3.05, 3.63) is 23.9 Å². The van der Waals surface area contributed by atoms with E-state index in [1.165, 1.54) is 25.7 Å². The molecule has 20 heavy (non-hydrogen) atoms. The minimum atomic E-state index is -0.0580. The molecule has 4 heteroatoms. The van der Waals surface area contributed by atoms with Gasteiger partial charge in [0.1, 0.15) is 11.5 Å². The molecule has 0 spiro atoms. The average Bonchev–Trinajstić information content (AvgIpc) is 3.10. The number of aromatic nitrogens is 1. The van der Waals surface area contributed by atoms with E-state index < -0.39 is 0 Å². The lowest BCUT2D eigenvalue weighted by Crippen LogP contribution is -2.40. The summed E-state index contributed by atoms with van der Waals surface area (Å²) in [6, 6.07) is 5.73. The van der Waals surface area contributed by atoms with Gasteiger partial charge in [0, 0.05) is 13.1 Å². The van der Waals surface area contributed by atoms with E-state index in [0.717, 1.165) is 17.7 Å². The number of pyridine rings is 1. The second-order valence-electron chi connectivity index (χ2n) is 6.26. The van der Waals surface area contributed by atoms with Gasteiger partial charge in [0.05, 0.1) is 0 Å². The van der Waals surface area contributed by atoms with Gasteiger partial charge in [0.2, 0.25) is 0 Å². The van der Waals surface area contributed by atoms with Gasteiger partial charge in [-0.1, -0.05) is 12.5 Å². The molecule has 4 unspecified atom stereocenters. The standard InChI is InChI=1S/C16H23N3O/c1-10(13-9-11-6-7-12(13)8-11)18-16(20)14-4-3-5-15(17-2)19-14/h3-5,10-13H,6-9H2,1-2H3,(H,17,19)(H,18,20). The van der Waals surface area contributed by atoms with Crippen molar-refractivity contribution in [3.63, 3.8) is 0 Å². The number of fused-ring (bicyclic) bond motifs is 2. The van der Waals surface area contributed by atoms with Crippen molar-refractivity contribution in [2.75, 3.05) is 12.4 Å². The third kappa shape index (κ3) is 2.51. The van der Waals surface area contributed by atoms with Crippen LogP contribution in [-0.2, 0) is 0 Å². The maximum absolute atomic E-state index is 12.3. The molecular formula is C16H23N3O. The van der Waals surface area contributed by atoms with Crippen molar-refractivity contribution < 1.29 is 4.79 Å². The monoisotopic (exact) mass is 273 g/mol. The van der Waals surface area contributed by atoms with Gasteiger partial charge in [-0.25, -0.2) is 4.98 Å². The predicted octanol–water partition coefficient (Wildman–Crippen LogP) is 2.68. The normalized spacial score (nSPS) is 29.2. The van der Waals surface area contributed by atoms with E-state index in [1.54, 1.807) is 6.07 Å². The zero-order valence-corrected chi connectivity index (χ0v) is 12.2. The van der Waals surface area contributed by atoms with Crippen molar-refractivity contribution in [1.82, 2.24) is 10.3 Å². The molecule has 0 aromatic carbocycles. The molecule has 2 bridgehead atoms. The molecular weight excluding hydrogens is 250 g/mol. The quantitative estimate of drug-likeness (QED) is 0.887. The lowest BCUT2D eigenvalue weighted by atomic mass is 9.84. The Labute approximate surface area is 120 Å². The summed E-state index contributed by atoms with van der Waals surface area (Å²) in [5.41, 5.74) is 0.492. The van der Waals surface area contributed by atoms with Gasteiger partial charge >= 0.3 is 0 Å². The Morgan fingerprint density at radius 3 is 2.85 bits per heavy atom. The first kappa shape index (κ1) is 13.4. The zero-order chi connectivity index (χ0) is 14.1. The summed E-state index contributed by atoms with van der Waals surface area (Å²) in [5, 5.41) is 6.11. The van der Waals surface area contributed by atoms with E-state index in [2.05, 4.69) is 22.5 Å². The summed E-state index contributed by atoms with van der Waals surface area (Å²) in [6.07, 6.45) is 5.41. The number of hydrogen-bond donors (Lipinski definition) is 2. The predicted molar refractivity (Wildman–Crippen MR) is 79.6 cm³/mol. The highest BCUT2D eigenvalue weighted by molar-refractivity contribution is 5.92. The van der Waals surface area contributed by atoms with Crippen LogP contribution in [0.4, 0.5) is 5.82 Å². The van der Waals surface area contributed by atoms with Crippen LogP contribution < -0.4 is 10.6 Å². The summed E-state index contributed by atoms with van der Waals surface area (Å²) in [5.74, 6) is 3.06. The van der Waals surface area contributed by atoms with E-state index in [9.17, 15) is 4.79 Å². The van der Waals surface area contributed by atoms with Crippen LogP contribution in [0.5, 0.6) is 0 Å². The molecule has 2 aliphatic carbocycles. The number of carbonyl (C=O) groups excluding carboxylic acids is 1. The lowest BCUT2D eigenvalue weighted by Gasteiger charge is -2.28. The van der Waals surface area contributed by atoms with Crippen LogP contribution in [-0.4, -0.2) is 24.0 Å². The number of rotatable bonds is 4. The second-order valence-corrected chi connectivity index (χ2v) is 6.26. The summed E-state index contributed by atoms with van der Waals surface area (Å²) < 4.78 is 0. The van der Waals surface area contributed by atoms with Crippen LogP contribution in [0, 0.1) is 17.8 Å². The number of amides is 1. The first-order valence-electron chi connectivity index (χ1n) is 7.63. The summed E-state index contributed by atoms with van der Waals surface area (Å²) in [7, 11) is 1.81. The van der Waals surface area contributed by atoms with Gasteiger partial charge in [-0.2, -0.15) is 0 Å². The topological polar surface area (TPSA) is 54.0 Å². The highest BCUT2D eigenvalue weighted by Gasteiger charge is 2.42. The van der Waals surface area contributed by atoms with Crippen LogP contribution in [0.2, 0.25) is 0 Å². The van der Waals surface area contributed by atoms with Crippen LogP contribution in [0.15, 0.2) is 18.2 Å². The highest BCUT2D eigenvalue weighted by atomic mass is 16.1. The first-order valence-corrected chi connectivity index (χ1v) is 7.63. The zero-order valence-electron chi connectivity index (χ0n) is 12.2. The largest absolute Gasteiger partial charge is 0.373 e. The Morgan fingerprint density at radius 2 is 2.20 bits per heavy atom. The van der Waals surface area contributed by atoms with E-state index in [-0.39, 0.29) is 11.9 Å². The van der Waals surface area contributed by atoms with Gasteiger partial charge in [0.15, 0.2) is 0 Å². The van der Waals surface area contributed by atoms with E-state index in [0.29, 0.717) is 11.6 Å². The van der Waals surface area contributed by atoms with Crippen molar-refractivity contribution in [2.45, 2.75) is 38.6 Å². The molecule has 0 saturated heterocycles. The number of nitrogens with one attached hydrogen (secondary N) is 2. The molecule has 108 valence electrons. The lowest BCUT2D eigenvalue weighted by molar-refractivity contribution is 0.0910. The van der Waals surface area contributed by atoms with E-state index in [1.807, 2.05) is 19.2 Å². The smallest absolute Gasteiger partial charge is 0.270 e. The van der Waals surface area contributed by atoms with Gasteiger partial charge in [-0.15, -0.1) is 0 Å². The molecule has 1 amide bonds. The first-order chi connectivity index (χ1) is 9.67. The fourth-order valence-electron chi connectivity index (χ4n) is 3.99. The number of anilines is 1. The maximum Gasteiger partial charge on any atom is 0.270 e. The maximum atomic E-state index is 12.3. The van der Waals surface area contributed by atoms with Gasteiger partial charge in [-0.05, 0) is 56.1 Å². The minimum absolute atomic E-state index is 0.0580. The number of carbonyl (C=O) groups is 1. The molecule has 2 aliphatic rings. The summed E-state index contributed by atoms with van der Waals surface area (Å²) in [6.45, 7) is 2.14. The molecule has 4 atom stereocenters. The molecule has 0 radical (unpaired) electrons. The van der Waals surface area contributed by atoms with Crippen LogP contribution >= 0.6 is 0 Å². The third-order valence-corrected chi connectivity index (χ3v) is 5.03. The minimum Gasteiger partial charge on any atom is -0.373 e. The highest BCUT2D eigenvalue weighted by Crippen LogP contribution is 2.49. The van der Waals surface area contributed by atoms with Crippen molar-refractivity contribution in [1.29, 1.82) is 0 Å². The Bertz CT molecular complexity index is 502. The third-order valence-electron chi connectivity index (χ3n) is 5.03. The van der Waals surface area contributed by atoms with Crippen LogP contribution in [0.3, 0.4) is 0 Å². The van der Waals surface area contributed by atoms with Crippen LogP contribution in [0.25, 0.3) is 0 Å². The number of nitrogens with zero attached hydrogens (tertiary/aromatic N) is 1. The summed E-state index contributed by atoms with van der Waals surface area (Å²) in [4.78, 5) is 16.6. The Balaban J connectivity index is 1.63. The molecule has 2 saturated carbocycles. The SMILES string of the molecule is CNc1cccc(C(=O)NC(C)C2CC3CCC2C3)n1. The second kappa shape index (κ2) is 5.43. The molecule has 2 N–H and O–H groups in total. The van der Waals surface area contributed by atoms with Crippen LogP contribution in [0.1, 0.15) is 43.1 Å². The van der Waals surface area contributed by atoms with E-state index in [4.69, 9.17) is 0 Å². The number of hydrogen-bond acceptors (Lipinski definition) is 3. The Hall–Kier alpha value is -1.58. The Morgan fingerprint density at radius 1 is 1.35 bits per heavy atom. The average molecular weight is 273 g/mol. The van der Waals surface area contributed by atoms with Crippen molar-refractivity contribution >= 4 is 11.7 Å². The fourth-order valence-corrected chi connectivity index (χ4v) is 3.99. The van der Waals surface area contributed by atoms with E-state index >= 15 is 0 Å². The van der Waals surface area contributed by atoms with Gasteiger partial charge in [0.25, 0.3) is 5.91 Å². The van der Waals surface area contributed by atoms with Gasteiger partial charge < -0.3 is 10.6 Å². The molecule has 0 aliphatic heterocycles.